The largest absolute Gasteiger partial charge is 0.348 e. The number of aromatic nitrogens is 2. The van der Waals surface area contributed by atoms with E-state index in [0.29, 0.717) is 15.6 Å². The zero-order chi connectivity index (χ0) is 14.1. The molecule has 104 valence electrons. The Morgan fingerprint density at radius 1 is 1.50 bits per heavy atom. The molecule has 0 aliphatic heterocycles. The van der Waals surface area contributed by atoms with Crippen LogP contribution in [-0.4, -0.2) is 22.1 Å². The van der Waals surface area contributed by atoms with Crippen molar-refractivity contribution in [1.82, 2.24) is 15.5 Å². The molecule has 0 unspecified atom stereocenters. The number of thiophene rings is 1. The minimum Gasteiger partial charge on any atom is -0.348 e. The van der Waals surface area contributed by atoms with E-state index in [1.807, 2.05) is 0 Å². The number of aryl methyl sites for hydroxylation is 1. The first-order valence-electron chi connectivity index (χ1n) is 6.25. The molecule has 0 saturated carbocycles. The summed E-state index contributed by atoms with van der Waals surface area (Å²) in [5.41, 5.74) is 1.62. The van der Waals surface area contributed by atoms with Gasteiger partial charge in [0.1, 0.15) is 0 Å². The van der Waals surface area contributed by atoms with Gasteiger partial charge >= 0.3 is 0 Å². The van der Waals surface area contributed by atoms with Crippen LogP contribution in [-0.2, 0) is 12.8 Å². The lowest BCUT2D eigenvalue weighted by Gasteiger charge is -2.24. The molecule has 1 aliphatic rings. The number of rotatable bonds is 2. The zero-order valence-corrected chi connectivity index (χ0v) is 12.1. The predicted molar refractivity (Wildman–Crippen MR) is 77.5 cm³/mol. The van der Waals surface area contributed by atoms with Crippen molar-refractivity contribution < 1.29 is 4.79 Å². The quantitative estimate of drug-likeness (QED) is 0.888. The second-order valence-corrected chi connectivity index (χ2v) is 6.44. The van der Waals surface area contributed by atoms with E-state index in [2.05, 4.69) is 15.5 Å². The van der Waals surface area contributed by atoms with Gasteiger partial charge in [0.15, 0.2) is 0 Å². The summed E-state index contributed by atoms with van der Waals surface area (Å²) in [4.78, 5) is 23.9. The maximum absolute atomic E-state index is 12.1. The van der Waals surface area contributed by atoms with E-state index in [4.69, 9.17) is 11.6 Å². The van der Waals surface area contributed by atoms with Gasteiger partial charge < -0.3 is 5.32 Å². The number of halogens is 1. The molecule has 2 heterocycles. The van der Waals surface area contributed by atoms with E-state index >= 15 is 0 Å². The molecular formula is C13H12ClN3O2S. The van der Waals surface area contributed by atoms with Crippen LogP contribution in [0.4, 0.5) is 0 Å². The number of H-pyrrole nitrogens is 1. The number of nitrogens with one attached hydrogen (secondary N) is 2. The van der Waals surface area contributed by atoms with Crippen molar-refractivity contribution in [1.29, 1.82) is 0 Å². The van der Waals surface area contributed by atoms with Crippen molar-refractivity contribution in [2.75, 3.05) is 0 Å². The van der Waals surface area contributed by atoms with E-state index in [0.717, 1.165) is 24.1 Å². The van der Waals surface area contributed by atoms with E-state index in [1.54, 1.807) is 18.2 Å². The molecule has 1 aliphatic carbocycles. The first-order valence-corrected chi connectivity index (χ1v) is 7.45. The minimum atomic E-state index is -0.208. The Hall–Kier alpha value is -1.66. The number of nitrogens with zero attached hydrogens (tertiary/aromatic N) is 1. The fourth-order valence-corrected chi connectivity index (χ4v) is 3.30. The first-order chi connectivity index (χ1) is 9.61. The summed E-state index contributed by atoms with van der Waals surface area (Å²) in [5.74, 6) is -0.117. The van der Waals surface area contributed by atoms with Crippen LogP contribution < -0.4 is 10.9 Å². The molecule has 0 aromatic carbocycles. The molecule has 7 heteroatoms. The summed E-state index contributed by atoms with van der Waals surface area (Å²) in [7, 11) is 0. The number of fused-ring (bicyclic) bond motifs is 1. The van der Waals surface area contributed by atoms with Crippen molar-refractivity contribution in [2.24, 2.45) is 0 Å². The number of carbonyl (C=O) groups excluding carboxylic acids is 1. The first kappa shape index (κ1) is 13.3. The molecule has 2 N–H and O–H groups in total. The Kier molecular flexibility index (Phi) is 3.58. The van der Waals surface area contributed by atoms with Crippen LogP contribution in [0.15, 0.2) is 23.0 Å². The number of hydrogen-bond donors (Lipinski definition) is 2. The average molecular weight is 310 g/mol. The molecule has 0 bridgehead atoms. The lowest BCUT2D eigenvalue weighted by atomic mass is 9.92. The van der Waals surface area contributed by atoms with Gasteiger partial charge in [-0.15, -0.1) is 11.3 Å². The van der Waals surface area contributed by atoms with Gasteiger partial charge in [-0.2, -0.15) is 5.10 Å². The van der Waals surface area contributed by atoms with Gasteiger partial charge in [0.05, 0.1) is 14.9 Å². The van der Waals surface area contributed by atoms with E-state index < -0.39 is 0 Å². The van der Waals surface area contributed by atoms with Crippen LogP contribution in [0.5, 0.6) is 0 Å². The van der Waals surface area contributed by atoms with Crippen molar-refractivity contribution in [3.05, 3.63) is 49.0 Å². The van der Waals surface area contributed by atoms with Gasteiger partial charge in [-0.05, 0) is 37.0 Å². The highest BCUT2D eigenvalue weighted by atomic mass is 35.5. The number of hydrogen-bond acceptors (Lipinski definition) is 4. The molecule has 2 aromatic heterocycles. The number of amides is 1. The van der Waals surface area contributed by atoms with Crippen LogP contribution in [0.25, 0.3) is 0 Å². The molecule has 3 rings (SSSR count). The normalized spacial score (nSPS) is 17.6. The standard InChI is InChI=1S/C13H12ClN3O2S/c14-11-4-3-10(20-11)13(19)15-8-1-2-9-7(5-8)6-12(18)17-16-9/h3-4,6,8H,1-2,5H2,(H,15,19)(H,17,18)/t8-/m1/s1. The summed E-state index contributed by atoms with van der Waals surface area (Å²) >= 11 is 7.08. The van der Waals surface area contributed by atoms with E-state index in [1.165, 1.54) is 11.3 Å². The summed E-state index contributed by atoms with van der Waals surface area (Å²) < 4.78 is 0.597. The van der Waals surface area contributed by atoms with Crippen LogP contribution in [0.1, 0.15) is 27.3 Å². The molecular weight excluding hydrogens is 298 g/mol. The van der Waals surface area contributed by atoms with Crippen molar-refractivity contribution in [3.63, 3.8) is 0 Å². The molecule has 5 nitrogen and oxygen atoms in total. The lowest BCUT2D eigenvalue weighted by Crippen LogP contribution is -2.39. The van der Waals surface area contributed by atoms with Crippen molar-refractivity contribution >= 4 is 28.8 Å². The summed E-state index contributed by atoms with van der Waals surface area (Å²) in [6, 6.07) is 5.01. The zero-order valence-electron chi connectivity index (χ0n) is 10.5. The molecule has 0 fully saturated rings. The SMILES string of the molecule is O=C(N[C@@H]1CCc2n[nH]c(=O)cc2C1)c1ccc(Cl)s1. The highest BCUT2D eigenvalue weighted by molar-refractivity contribution is 7.17. The second-order valence-electron chi connectivity index (χ2n) is 4.72. The van der Waals surface area contributed by atoms with E-state index in [-0.39, 0.29) is 17.5 Å². The molecule has 0 spiro atoms. The van der Waals surface area contributed by atoms with Crippen LogP contribution in [0.2, 0.25) is 4.34 Å². The predicted octanol–water partition coefficient (Wildman–Crippen LogP) is 1.77. The Labute approximate surface area is 124 Å². The minimum absolute atomic E-state index is 0.0273. The number of carbonyl (C=O) groups is 1. The molecule has 2 aromatic rings. The van der Waals surface area contributed by atoms with Gasteiger partial charge in [-0.3, -0.25) is 9.59 Å². The second kappa shape index (κ2) is 5.38. The average Bonchev–Trinajstić information content (AvgIpc) is 2.85. The van der Waals surface area contributed by atoms with Crippen LogP contribution >= 0.6 is 22.9 Å². The third kappa shape index (κ3) is 2.76. The van der Waals surface area contributed by atoms with E-state index in [9.17, 15) is 9.59 Å². The fourth-order valence-electron chi connectivity index (χ4n) is 2.36. The van der Waals surface area contributed by atoms with Crippen molar-refractivity contribution in [3.8, 4) is 0 Å². The van der Waals surface area contributed by atoms with Crippen molar-refractivity contribution in [2.45, 2.75) is 25.3 Å². The smallest absolute Gasteiger partial charge is 0.264 e. The van der Waals surface area contributed by atoms with Gasteiger partial charge in [-0.25, -0.2) is 5.10 Å². The van der Waals surface area contributed by atoms with Gasteiger partial charge in [-0.1, -0.05) is 11.6 Å². The van der Waals surface area contributed by atoms with Crippen LogP contribution in [0, 0.1) is 0 Å². The third-order valence-electron chi connectivity index (χ3n) is 3.31. The molecule has 1 amide bonds. The third-order valence-corrected chi connectivity index (χ3v) is 4.54. The molecule has 1 atom stereocenters. The topological polar surface area (TPSA) is 74.8 Å². The Morgan fingerprint density at radius 2 is 2.35 bits per heavy atom. The monoisotopic (exact) mass is 309 g/mol. The number of aromatic amines is 1. The summed E-state index contributed by atoms with van der Waals surface area (Å²) in [5, 5.41) is 9.45. The summed E-state index contributed by atoms with van der Waals surface area (Å²) in [6.45, 7) is 0. The molecule has 20 heavy (non-hydrogen) atoms. The molecule has 0 saturated heterocycles. The van der Waals surface area contributed by atoms with Gasteiger partial charge in [0.25, 0.3) is 11.5 Å². The van der Waals surface area contributed by atoms with Gasteiger partial charge in [0.2, 0.25) is 0 Å². The highest BCUT2D eigenvalue weighted by Crippen LogP contribution is 2.22. The maximum atomic E-state index is 12.1. The highest BCUT2D eigenvalue weighted by Gasteiger charge is 2.22. The Bertz CT molecular complexity index is 710. The Morgan fingerprint density at radius 3 is 3.10 bits per heavy atom. The Balaban J connectivity index is 1.71. The fraction of sp³-hybridized carbons (Fsp3) is 0.308. The lowest BCUT2D eigenvalue weighted by molar-refractivity contribution is 0.0937. The maximum Gasteiger partial charge on any atom is 0.264 e. The molecule has 0 radical (unpaired) electrons. The van der Waals surface area contributed by atoms with Gasteiger partial charge in [0, 0.05) is 12.1 Å². The van der Waals surface area contributed by atoms with Crippen LogP contribution in [0.3, 0.4) is 0 Å². The summed E-state index contributed by atoms with van der Waals surface area (Å²) in [6.07, 6.45) is 2.20.